The maximum Gasteiger partial charge on any atom is 0.257 e. The second kappa shape index (κ2) is 7.26. The van der Waals surface area contributed by atoms with Crippen LogP contribution in [0, 0.1) is 5.82 Å². The first kappa shape index (κ1) is 19.6. The van der Waals surface area contributed by atoms with Crippen molar-refractivity contribution in [3.8, 4) is 11.5 Å². The summed E-state index contributed by atoms with van der Waals surface area (Å²) < 4.78 is 19.0. The van der Waals surface area contributed by atoms with Gasteiger partial charge in [-0.25, -0.2) is 4.39 Å². The van der Waals surface area contributed by atoms with Crippen molar-refractivity contribution in [3.63, 3.8) is 0 Å². The topological polar surface area (TPSA) is 59.2 Å². The average Bonchev–Trinajstić information content (AvgIpc) is 3.30. The van der Waals surface area contributed by atoms with E-state index in [1.165, 1.54) is 28.7 Å². The van der Waals surface area contributed by atoms with Crippen LogP contribution < -0.4 is 4.90 Å². The number of carbonyl (C=O) groups excluding carboxylic acids is 1. The molecule has 1 unspecified atom stereocenters. The zero-order chi connectivity index (χ0) is 20.8. The predicted octanol–water partition coefficient (Wildman–Crippen LogP) is 5.35. The molecule has 0 aliphatic carbocycles. The molecule has 2 heterocycles. The minimum atomic E-state index is -0.443. The minimum Gasteiger partial charge on any atom is -0.334 e. The van der Waals surface area contributed by atoms with Gasteiger partial charge >= 0.3 is 0 Å². The quantitative estimate of drug-likeness (QED) is 0.581. The van der Waals surface area contributed by atoms with Gasteiger partial charge in [0.2, 0.25) is 5.91 Å². The summed E-state index contributed by atoms with van der Waals surface area (Å²) in [6.45, 7) is 6.78. The molecule has 0 radical (unpaired) electrons. The normalized spacial score (nSPS) is 17.2. The van der Waals surface area contributed by atoms with E-state index < -0.39 is 5.82 Å². The Morgan fingerprint density at radius 1 is 1.17 bits per heavy atom. The van der Waals surface area contributed by atoms with Crippen LogP contribution in [-0.2, 0) is 10.2 Å². The number of aromatic nitrogens is 2. The van der Waals surface area contributed by atoms with Gasteiger partial charge in [0.25, 0.3) is 5.89 Å². The molecule has 0 saturated carbocycles. The van der Waals surface area contributed by atoms with Gasteiger partial charge in [-0.3, -0.25) is 4.79 Å². The molecule has 0 spiro atoms. The van der Waals surface area contributed by atoms with E-state index >= 15 is 0 Å². The van der Waals surface area contributed by atoms with Crippen molar-refractivity contribution >= 4 is 23.2 Å². The molecule has 150 valence electrons. The first-order valence-electron chi connectivity index (χ1n) is 9.42. The molecule has 1 fully saturated rings. The Kier molecular flexibility index (Phi) is 4.90. The largest absolute Gasteiger partial charge is 0.334 e. The van der Waals surface area contributed by atoms with E-state index in [2.05, 4.69) is 30.9 Å². The maximum absolute atomic E-state index is 13.6. The van der Waals surface area contributed by atoms with Gasteiger partial charge in [0.05, 0.1) is 10.7 Å². The van der Waals surface area contributed by atoms with E-state index in [9.17, 15) is 9.18 Å². The molecule has 4 rings (SSSR count). The Morgan fingerprint density at radius 3 is 2.59 bits per heavy atom. The molecule has 1 aliphatic rings. The summed E-state index contributed by atoms with van der Waals surface area (Å²) in [4.78, 5) is 18.5. The lowest BCUT2D eigenvalue weighted by atomic mass is 9.87. The Balaban J connectivity index is 1.54. The van der Waals surface area contributed by atoms with Gasteiger partial charge in [-0.05, 0) is 41.3 Å². The Hall–Kier alpha value is -2.73. The molecule has 29 heavy (non-hydrogen) atoms. The Labute approximate surface area is 173 Å². The number of hydrogen-bond donors (Lipinski definition) is 0. The monoisotopic (exact) mass is 413 g/mol. The van der Waals surface area contributed by atoms with Gasteiger partial charge in [-0.15, -0.1) is 0 Å². The summed E-state index contributed by atoms with van der Waals surface area (Å²) in [6.07, 6.45) is 0.217. The number of nitrogens with zero attached hydrogens (tertiary/aromatic N) is 3. The van der Waals surface area contributed by atoms with Crippen LogP contribution in [0.4, 0.5) is 10.1 Å². The van der Waals surface area contributed by atoms with Crippen molar-refractivity contribution < 1.29 is 13.7 Å². The predicted molar refractivity (Wildman–Crippen MR) is 110 cm³/mol. The Morgan fingerprint density at radius 2 is 1.90 bits per heavy atom. The average molecular weight is 414 g/mol. The molecular weight excluding hydrogens is 393 g/mol. The summed E-state index contributed by atoms with van der Waals surface area (Å²) >= 11 is 6.15. The van der Waals surface area contributed by atoms with E-state index in [0.29, 0.717) is 29.0 Å². The van der Waals surface area contributed by atoms with Gasteiger partial charge in [-0.2, -0.15) is 4.98 Å². The molecule has 2 aromatic carbocycles. The van der Waals surface area contributed by atoms with Crippen molar-refractivity contribution in [2.24, 2.45) is 0 Å². The van der Waals surface area contributed by atoms with Crippen molar-refractivity contribution in [2.45, 2.75) is 38.5 Å². The van der Waals surface area contributed by atoms with Crippen molar-refractivity contribution in [1.29, 1.82) is 0 Å². The van der Waals surface area contributed by atoms with Crippen LogP contribution in [0.3, 0.4) is 0 Å². The summed E-state index contributed by atoms with van der Waals surface area (Å²) in [5.74, 6) is 0.0381. The van der Waals surface area contributed by atoms with Crippen LogP contribution in [0.15, 0.2) is 47.0 Å². The highest BCUT2D eigenvalue weighted by Gasteiger charge is 2.35. The van der Waals surface area contributed by atoms with E-state index in [1.54, 1.807) is 0 Å². The van der Waals surface area contributed by atoms with Crippen LogP contribution in [-0.4, -0.2) is 22.6 Å². The first-order valence-corrected chi connectivity index (χ1v) is 9.80. The van der Waals surface area contributed by atoms with Crippen LogP contribution >= 0.6 is 11.6 Å². The van der Waals surface area contributed by atoms with E-state index in [4.69, 9.17) is 16.1 Å². The smallest absolute Gasteiger partial charge is 0.257 e. The molecule has 1 aliphatic heterocycles. The second-order valence-corrected chi connectivity index (χ2v) is 8.69. The number of halogens is 2. The molecular formula is C22H21ClFN3O2. The standard InChI is InChI=1S/C22H21ClFN3O2/c1-22(2,3)15-6-4-13(5-7-15)21-25-20(26-29-21)14-10-19(28)27(12-14)18-11-16(24)8-9-17(18)23/h4-9,11,14H,10,12H2,1-3H3. The fourth-order valence-electron chi connectivity index (χ4n) is 3.44. The number of benzene rings is 2. The van der Waals surface area contributed by atoms with E-state index in [-0.39, 0.29) is 23.7 Å². The van der Waals surface area contributed by atoms with E-state index in [1.807, 2.05) is 24.3 Å². The molecule has 1 amide bonds. The number of rotatable bonds is 3. The van der Waals surface area contributed by atoms with Gasteiger partial charge in [0.15, 0.2) is 5.82 Å². The molecule has 1 atom stereocenters. The van der Waals surface area contributed by atoms with Crippen LogP contribution in [0.1, 0.15) is 44.5 Å². The summed E-state index contributed by atoms with van der Waals surface area (Å²) in [5.41, 5.74) is 2.46. The number of amides is 1. The third-order valence-corrected chi connectivity index (χ3v) is 5.45. The lowest BCUT2D eigenvalue weighted by molar-refractivity contribution is -0.117. The van der Waals surface area contributed by atoms with Crippen molar-refractivity contribution in [2.75, 3.05) is 11.4 Å². The summed E-state index contributed by atoms with van der Waals surface area (Å²) in [5, 5.41) is 4.40. The highest BCUT2D eigenvalue weighted by molar-refractivity contribution is 6.33. The van der Waals surface area contributed by atoms with Gasteiger partial charge in [0.1, 0.15) is 5.82 Å². The van der Waals surface area contributed by atoms with Crippen LogP contribution in [0.5, 0.6) is 0 Å². The summed E-state index contributed by atoms with van der Waals surface area (Å²) in [6, 6.07) is 12.0. The maximum atomic E-state index is 13.6. The first-order chi connectivity index (χ1) is 13.7. The van der Waals surface area contributed by atoms with Crippen molar-refractivity contribution in [1.82, 2.24) is 10.1 Å². The molecule has 7 heteroatoms. The fourth-order valence-corrected chi connectivity index (χ4v) is 3.66. The number of hydrogen-bond acceptors (Lipinski definition) is 4. The molecule has 1 saturated heterocycles. The lowest BCUT2D eigenvalue weighted by Gasteiger charge is -2.18. The van der Waals surface area contributed by atoms with Crippen molar-refractivity contribution in [3.05, 3.63) is 64.7 Å². The third kappa shape index (κ3) is 3.90. The third-order valence-electron chi connectivity index (χ3n) is 5.13. The van der Waals surface area contributed by atoms with Crippen LogP contribution in [0.25, 0.3) is 11.5 Å². The fraction of sp³-hybridized carbons (Fsp3) is 0.318. The molecule has 1 aromatic heterocycles. The van der Waals surface area contributed by atoms with Gasteiger partial charge < -0.3 is 9.42 Å². The molecule has 3 aromatic rings. The SMILES string of the molecule is CC(C)(C)c1ccc(-c2nc(C3CC(=O)N(c4cc(F)ccc4Cl)C3)no2)cc1. The highest BCUT2D eigenvalue weighted by atomic mass is 35.5. The Bertz CT molecular complexity index is 1060. The van der Waals surface area contributed by atoms with E-state index in [0.717, 1.165) is 5.56 Å². The van der Waals surface area contributed by atoms with Gasteiger partial charge in [0, 0.05) is 24.4 Å². The zero-order valence-electron chi connectivity index (χ0n) is 16.4. The van der Waals surface area contributed by atoms with Gasteiger partial charge in [-0.1, -0.05) is 49.7 Å². The number of carbonyl (C=O) groups is 1. The lowest BCUT2D eigenvalue weighted by Crippen LogP contribution is -2.24. The minimum absolute atomic E-state index is 0.0599. The molecule has 5 nitrogen and oxygen atoms in total. The second-order valence-electron chi connectivity index (χ2n) is 8.29. The summed E-state index contributed by atoms with van der Waals surface area (Å²) in [7, 11) is 0. The highest BCUT2D eigenvalue weighted by Crippen LogP contribution is 2.35. The number of anilines is 1. The zero-order valence-corrected chi connectivity index (χ0v) is 17.2. The molecule has 0 N–H and O–H groups in total. The molecule has 0 bridgehead atoms. The van der Waals surface area contributed by atoms with Crippen LogP contribution in [0.2, 0.25) is 5.02 Å².